The molecule has 2 heterocycles. The quantitative estimate of drug-likeness (QED) is 0.700. The third kappa shape index (κ3) is 4.08. The summed E-state index contributed by atoms with van der Waals surface area (Å²) >= 11 is 0. The first-order valence-corrected chi connectivity index (χ1v) is 9.88. The van der Waals surface area contributed by atoms with Gasteiger partial charge in [0.2, 0.25) is 0 Å². The number of ether oxygens (including phenoxy) is 1. The third-order valence-corrected chi connectivity index (χ3v) is 5.00. The Labute approximate surface area is 170 Å². The molecule has 0 unspecified atom stereocenters. The maximum atomic E-state index is 12.5. The van der Waals surface area contributed by atoms with E-state index in [2.05, 4.69) is 45.4 Å². The Kier molecular flexibility index (Phi) is 5.46. The summed E-state index contributed by atoms with van der Waals surface area (Å²) in [6.07, 6.45) is 3.60. The van der Waals surface area contributed by atoms with Crippen molar-refractivity contribution < 1.29 is 9.53 Å². The minimum absolute atomic E-state index is 0.0657. The lowest BCUT2D eigenvalue weighted by Crippen LogP contribution is -2.48. The Bertz CT molecular complexity index is 987. The molecule has 1 aliphatic rings. The number of carbonyl (C=O) groups is 1. The summed E-state index contributed by atoms with van der Waals surface area (Å²) in [5.74, 6) is 0.676. The molecule has 0 spiro atoms. The van der Waals surface area contributed by atoms with Crippen LogP contribution in [0.4, 0.5) is 5.69 Å². The van der Waals surface area contributed by atoms with Crippen LogP contribution >= 0.6 is 0 Å². The fourth-order valence-electron chi connectivity index (χ4n) is 3.58. The maximum Gasteiger partial charge on any atom is 0.262 e. The van der Waals surface area contributed by atoms with E-state index in [1.807, 2.05) is 31.2 Å². The monoisotopic (exact) mass is 391 g/mol. The molecule has 150 valence electrons. The van der Waals surface area contributed by atoms with Gasteiger partial charge in [0.1, 0.15) is 18.4 Å². The topological polar surface area (TPSA) is 72.3 Å². The number of aromatic nitrogens is 3. The van der Waals surface area contributed by atoms with E-state index >= 15 is 0 Å². The molecule has 0 bridgehead atoms. The van der Waals surface area contributed by atoms with Crippen molar-refractivity contribution in [3.8, 4) is 11.4 Å². The first-order valence-electron chi connectivity index (χ1n) is 9.88. The number of carbonyl (C=O) groups excluding carboxylic acids is 1. The predicted molar refractivity (Wildman–Crippen MR) is 111 cm³/mol. The first kappa shape index (κ1) is 19.0. The SMILES string of the molecule is CCCNC(=O)[C@@H]1CN(Cc2ccc(-n3cncn3)c(C)c2)c2ccccc2O1. The Morgan fingerprint density at radius 1 is 1.24 bits per heavy atom. The molecule has 0 radical (unpaired) electrons. The molecule has 7 heteroatoms. The lowest BCUT2D eigenvalue weighted by molar-refractivity contribution is -0.127. The third-order valence-electron chi connectivity index (χ3n) is 5.00. The molecular weight excluding hydrogens is 366 g/mol. The molecule has 0 fully saturated rings. The van der Waals surface area contributed by atoms with E-state index in [0.717, 1.165) is 34.7 Å². The standard InChI is InChI=1S/C22H25N5O2/c1-3-10-24-22(28)21-13-26(19-6-4-5-7-20(19)29-21)12-17-8-9-18(16(2)11-17)27-15-23-14-25-27/h4-9,11,14-15,21H,3,10,12-13H2,1-2H3,(H,24,28)/t21-/m0/s1. The maximum absolute atomic E-state index is 12.5. The van der Waals surface area contributed by atoms with Crippen molar-refractivity contribution in [2.24, 2.45) is 0 Å². The van der Waals surface area contributed by atoms with Crippen molar-refractivity contribution in [1.82, 2.24) is 20.1 Å². The Hall–Kier alpha value is -3.35. The fourth-order valence-corrected chi connectivity index (χ4v) is 3.58. The van der Waals surface area contributed by atoms with Gasteiger partial charge in [-0.15, -0.1) is 0 Å². The lowest BCUT2D eigenvalue weighted by atomic mass is 10.1. The summed E-state index contributed by atoms with van der Waals surface area (Å²) in [6, 6.07) is 14.2. The van der Waals surface area contributed by atoms with Crippen molar-refractivity contribution in [2.45, 2.75) is 32.9 Å². The highest BCUT2D eigenvalue weighted by molar-refractivity contribution is 5.83. The number of nitrogens with zero attached hydrogens (tertiary/aromatic N) is 4. The number of nitrogens with one attached hydrogen (secondary N) is 1. The molecule has 1 amide bonds. The van der Waals surface area contributed by atoms with Gasteiger partial charge in [-0.1, -0.05) is 31.2 Å². The van der Waals surface area contributed by atoms with E-state index in [9.17, 15) is 4.79 Å². The number of amides is 1. The van der Waals surface area contributed by atoms with Crippen LogP contribution in [-0.4, -0.2) is 39.9 Å². The van der Waals surface area contributed by atoms with Crippen LogP contribution in [0.15, 0.2) is 55.1 Å². The molecule has 1 aliphatic heterocycles. The van der Waals surface area contributed by atoms with E-state index in [0.29, 0.717) is 19.6 Å². The summed E-state index contributed by atoms with van der Waals surface area (Å²) in [6.45, 7) is 5.96. The van der Waals surface area contributed by atoms with E-state index in [1.165, 1.54) is 6.33 Å². The Morgan fingerprint density at radius 2 is 2.10 bits per heavy atom. The highest BCUT2D eigenvalue weighted by Crippen LogP contribution is 2.34. The van der Waals surface area contributed by atoms with Crippen LogP contribution in [0.1, 0.15) is 24.5 Å². The van der Waals surface area contributed by atoms with Crippen molar-refractivity contribution in [2.75, 3.05) is 18.0 Å². The number of rotatable bonds is 6. The molecule has 0 aliphatic carbocycles. The summed E-state index contributed by atoms with van der Waals surface area (Å²) in [7, 11) is 0. The molecule has 1 N–H and O–H groups in total. The van der Waals surface area contributed by atoms with Gasteiger partial charge in [0, 0.05) is 13.1 Å². The van der Waals surface area contributed by atoms with E-state index in [-0.39, 0.29) is 5.91 Å². The highest BCUT2D eigenvalue weighted by Gasteiger charge is 2.30. The fraction of sp³-hybridized carbons (Fsp3) is 0.318. The van der Waals surface area contributed by atoms with E-state index in [1.54, 1.807) is 11.0 Å². The van der Waals surface area contributed by atoms with Crippen LogP contribution in [0.5, 0.6) is 5.75 Å². The second-order valence-corrected chi connectivity index (χ2v) is 7.21. The summed E-state index contributed by atoms with van der Waals surface area (Å²) in [5, 5.41) is 7.15. The predicted octanol–water partition coefficient (Wildman–Crippen LogP) is 2.87. The number of benzene rings is 2. The number of anilines is 1. The Morgan fingerprint density at radius 3 is 2.86 bits per heavy atom. The minimum Gasteiger partial charge on any atom is -0.477 e. The molecular formula is C22H25N5O2. The summed E-state index contributed by atoms with van der Waals surface area (Å²) in [4.78, 5) is 18.7. The molecule has 0 saturated heterocycles. The number of aryl methyl sites for hydroxylation is 1. The second-order valence-electron chi connectivity index (χ2n) is 7.21. The van der Waals surface area contributed by atoms with Crippen LogP contribution in [-0.2, 0) is 11.3 Å². The molecule has 29 heavy (non-hydrogen) atoms. The molecule has 1 atom stereocenters. The Balaban J connectivity index is 1.56. The zero-order chi connectivity index (χ0) is 20.2. The number of hydrogen-bond donors (Lipinski definition) is 1. The first-order chi connectivity index (χ1) is 14.2. The molecule has 2 aromatic carbocycles. The molecule has 3 aromatic rings. The van der Waals surface area contributed by atoms with Crippen LogP contribution in [0.2, 0.25) is 0 Å². The van der Waals surface area contributed by atoms with Gasteiger partial charge >= 0.3 is 0 Å². The zero-order valence-corrected chi connectivity index (χ0v) is 16.7. The van der Waals surface area contributed by atoms with Crippen LogP contribution in [0.3, 0.4) is 0 Å². The largest absolute Gasteiger partial charge is 0.477 e. The van der Waals surface area contributed by atoms with Crippen molar-refractivity contribution >= 4 is 11.6 Å². The van der Waals surface area contributed by atoms with Crippen LogP contribution in [0, 0.1) is 6.92 Å². The van der Waals surface area contributed by atoms with Gasteiger partial charge in [-0.25, -0.2) is 9.67 Å². The summed E-state index contributed by atoms with van der Waals surface area (Å²) < 4.78 is 7.74. The van der Waals surface area contributed by atoms with Gasteiger partial charge in [-0.3, -0.25) is 4.79 Å². The highest BCUT2D eigenvalue weighted by atomic mass is 16.5. The average Bonchev–Trinajstić information content (AvgIpc) is 3.26. The van der Waals surface area contributed by atoms with E-state index < -0.39 is 6.10 Å². The molecule has 0 saturated carbocycles. The van der Waals surface area contributed by atoms with Crippen molar-refractivity contribution in [3.63, 3.8) is 0 Å². The van der Waals surface area contributed by atoms with Crippen LogP contribution < -0.4 is 15.0 Å². The van der Waals surface area contributed by atoms with Gasteiger partial charge < -0.3 is 15.0 Å². The molecule has 4 rings (SSSR count). The average molecular weight is 391 g/mol. The smallest absolute Gasteiger partial charge is 0.262 e. The number of para-hydroxylation sites is 2. The van der Waals surface area contributed by atoms with Gasteiger partial charge in [0.05, 0.1) is 17.9 Å². The second kappa shape index (κ2) is 8.34. The normalized spacial score (nSPS) is 15.5. The lowest BCUT2D eigenvalue weighted by Gasteiger charge is -2.35. The molecule has 7 nitrogen and oxygen atoms in total. The van der Waals surface area contributed by atoms with Gasteiger partial charge in [-0.2, -0.15) is 5.10 Å². The minimum atomic E-state index is -0.521. The number of hydrogen-bond acceptors (Lipinski definition) is 5. The molecule has 1 aromatic heterocycles. The van der Waals surface area contributed by atoms with Crippen LogP contribution in [0.25, 0.3) is 5.69 Å². The van der Waals surface area contributed by atoms with E-state index in [4.69, 9.17) is 4.74 Å². The van der Waals surface area contributed by atoms with Gasteiger partial charge in [-0.05, 0) is 42.7 Å². The van der Waals surface area contributed by atoms with Gasteiger partial charge in [0.15, 0.2) is 6.10 Å². The van der Waals surface area contributed by atoms with Gasteiger partial charge in [0.25, 0.3) is 5.91 Å². The number of fused-ring (bicyclic) bond motifs is 1. The summed E-state index contributed by atoms with van der Waals surface area (Å²) in [5.41, 5.74) is 4.29. The van der Waals surface area contributed by atoms with Crippen molar-refractivity contribution in [3.05, 3.63) is 66.2 Å². The zero-order valence-electron chi connectivity index (χ0n) is 16.7. The van der Waals surface area contributed by atoms with Crippen molar-refractivity contribution in [1.29, 1.82) is 0 Å².